The Morgan fingerprint density at radius 1 is 0.815 bits per heavy atom. The normalized spacial score (nSPS) is 11.5. The Labute approximate surface area is 157 Å². The van der Waals surface area contributed by atoms with Crippen molar-refractivity contribution >= 4 is 17.5 Å². The van der Waals surface area contributed by atoms with Crippen molar-refractivity contribution in [3.05, 3.63) is 101 Å². The highest BCUT2D eigenvalue weighted by Gasteiger charge is 2.13. The molecular weight excluding hydrogens is 343 g/mol. The lowest BCUT2D eigenvalue weighted by Gasteiger charge is -2.14. The molecule has 0 radical (unpaired) electrons. The predicted octanol–water partition coefficient (Wildman–Crippen LogP) is 4.57. The summed E-state index contributed by atoms with van der Waals surface area (Å²) in [6.07, 6.45) is 0. The van der Waals surface area contributed by atoms with Crippen LogP contribution in [0.25, 0.3) is 0 Å². The summed E-state index contributed by atoms with van der Waals surface area (Å²) in [7, 11) is 0. The Bertz CT molecular complexity index is 940. The third-order valence-electron chi connectivity index (χ3n) is 4.17. The predicted molar refractivity (Wildman–Crippen MR) is 103 cm³/mol. The maximum Gasteiger partial charge on any atom is 0.258 e. The summed E-state index contributed by atoms with van der Waals surface area (Å²) in [5, 5.41) is 5.55. The molecule has 0 aromatic heterocycles. The van der Waals surface area contributed by atoms with Crippen molar-refractivity contribution < 1.29 is 14.0 Å². The quantitative estimate of drug-likeness (QED) is 0.698. The number of hydrogen-bond acceptors (Lipinski definition) is 2. The Morgan fingerprint density at radius 2 is 1.44 bits per heavy atom. The van der Waals surface area contributed by atoms with Gasteiger partial charge in [0.15, 0.2) is 0 Å². The lowest BCUT2D eigenvalue weighted by molar-refractivity contribution is 0.0939. The van der Waals surface area contributed by atoms with E-state index in [1.807, 2.05) is 37.3 Å². The summed E-state index contributed by atoms with van der Waals surface area (Å²) < 4.78 is 13.7. The molecule has 0 aliphatic carbocycles. The highest BCUT2D eigenvalue weighted by molar-refractivity contribution is 6.04. The van der Waals surface area contributed by atoms with Crippen LogP contribution in [0.4, 0.5) is 10.1 Å². The van der Waals surface area contributed by atoms with Gasteiger partial charge < -0.3 is 10.6 Å². The Hall–Kier alpha value is -3.47. The van der Waals surface area contributed by atoms with Gasteiger partial charge in [0.05, 0.1) is 11.6 Å². The SMILES string of the molecule is CC(NC(=O)c1ccc(NC(=O)c2ccccc2F)cc1)c1ccccc1. The van der Waals surface area contributed by atoms with Crippen LogP contribution in [0.15, 0.2) is 78.9 Å². The molecule has 3 rings (SSSR count). The van der Waals surface area contributed by atoms with Crippen LogP contribution in [0.1, 0.15) is 39.2 Å². The first-order valence-electron chi connectivity index (χ1n) is 8.56. The van der Waals surface area contributed by atoms with E-state index in [2.05, 4.69) is 10.6 Å². The summed E-state index contributed by atoms with van der Waals surface area (Å²) in [5.74, 6) is -1.33. The number of anilines is 1. The van der Waals surface area contributed by atoms with Gasteiger partial charge in [0.25, 0.3) is 11.8 Å². The number of rotatable bonds is 5. The molecule has 0 saturated heterocycles. The zero-order valence-electron chi connectivity index (χ0n) is 14.8. The Balaban J connectivity index is 1.64. The number of benzene rings is 3. The van der Waals surface area contributed by atoms with Crippen molar-refractivity contribution in [1.29, 1.82) is 0 Å². The largest absolute Gasteiger partial charge is 0.346 e. The fourth-order valence-corrected chi connectivity index (χ4v) is 2.65. The molecule has 27 heavy (non-hydrogen) atoms. The van der Waals surface area contributed by atoms with E-state index in [1.54, 1.807) is 30.3 Å². The molecule has 0 saturated carbocycles. The number of carbonyl (C=O) groups is 2. The first-order chi connectivity index (χ1) is 13.0. The first-order valence-corrected chi connectivity index (χ1v) is 8.56. The van der Waals surface area contributed by atoms with Gasteiger partial charge in [0.1, 0.15) is 5.82 Å². The highest BCUT2D eigenvalue weighted by atomic mass is 19.1. The average molecular weight is 362 g/mol. The second kappa shape index (κ2) is 8.27. The van der Waals surface area contributed by atoms with Gasteiger partial charge >= 0.3 is 0 Å². The van der Waals surface area contributed by atoms with Crippen LogP contribution in [0.3, 0.4) is 0 Å². The zero-order chi connectivity index (χ0) is 19.2. The molecule has 0 aliphatic heterocycles. The number of amides is 2. The molecule has 1 unspecified atom stereocenters. The van der Waals surface area contributed by atoms with Gasteiger partial charge in [-0.25, -0.2) is 4.39 Å². The summed E-state index contributed by atoms with van der Waals surface area (Å²) in [6.45, 7) is 1.91. The van der Waals surface area contributed by atoms with Gasteiger partial charge in [0.2, 0.25) is 0 Å². The molecule has 0 heterocycles. The van der Waals surface area contributed by atoms with Crippen molar-refractivity contribution in [2.75, 3.05) is 5.32 Å². The monoisotopic (exact) mass is 362 g/mol. The first kappa shape index (κ1) is 18.3. The lowest BCUT2D eigenvalue weighted by Crippen LogP contribution is -2.26. The van der Waals surface area contributed by atoms with E-state index in [1.165, 1.54) is 18.2 Å². The minimum absolute atomic E-state index is 0.0315. The smallest absolute Gasteiger partial charge is 0.258 e. The standard InChI is InChI=1S/C22H19FN2O2/c1-15(16-7-3-2-4-8-16)24-21(26)17-11-13-18(14-12-17)25-22(27)19-9-5-6-10-20(19)23/h2-15H,1H3,(H,24,26)(H,25,27). The van der Waals surface area contributed by atoms with Crippen molar-refractivity contribution in [2.45, 2.75) is 13.0 Å². The lowest BCUT2D eigenvalue weighted by atomic mass is 10.1. The summed E-state index contributed by atoms with van der Waals surface area (Å²) >= 11 is 0. The van der Waals surface area contributed by atoms with Crippen molar-refractivity contribution in [2.24, 2.45) is 0 Å². The third kappa shape index (κ3) is 4.58. The summed E-state index contributed by atoms with van der Waals surface area (Å²) in [4.78, 5) is 24.5. The van der Waals surface area contributed by atoms with Crippen molar-refractivity contribution in [1.82, 2.24) is 5.32 Å². The Kier molecular flexibility index (Phi) is 5.61. The maximum absolute atomic E-state index is 13.7. The number of nitrogens with one attached hydrogen (secondary N) is 2. The van der Waals surface area contributed by atoms with Gasteiger partial charge in [-0.3, -0.25) is 9.59 Å². The molecule has 3 aromatic carbocycles. The van der Waals surface area contributed by atoms with Crippen LogP contribution in [0.2, 0.25) is 0 Å². The summed E-state index contributed by atoms with van der Waals surface area (Å²) in [5.41, 5.74) is 1.94. The van der Waals surface area contributed by atoms with E-state index in [4.69, 9.17) is 0 Å². The molecule has 5 heteroatoms. The number of halogens is 1. The van der Waals surface area contributed by atoms with Crippen LogP contribution in [-0.4, -0.2) is 11.8 Å². The van der Waals surface area contributed by atoms with Gasteiger partial charge in [-0.05, 0) is 48.9 Å². The zero-order valence-corrected chi connectivity index (χ0v) is 14.8. The minimum Gasteiger partial charge on any atom is -0.346 e. The molecular formula is C22H19FN2O2. The molecule has 0 fully saturated rings. The number of hydrogen-bond donors (Lipinski definition) is 2. The molecule has 3 aromatic rings. The highest BCUT2D eigenvalue weighted by Crippen LogP contribution is 2.15. The van der Waals surface area contributed by atoms with Crippen LogP contribution in [0, 0.1) is 5.82 Å². The molecule has 136 valence electrons. The van der Waals surface area contributed by atoms with Crippen molar-refractivity contribution in [3.63, 3.8) is 0 Å². The molecule has 0 bridgehead atoms. The van der Waals surface area contributed by atoms with Gasteiger partial charge in [-0.15, -0.1) is 0 Å². The topological polar surface area (TPSA) is 58.2 Å². The molecule has 0 spiro atoms. The van der Waals surface area contributed by atoms with E-state index in [0.717, 1.165) is 5.56 Å². The second-order valence-electron chi connectivity index (χ2n) is 6.12. The van der Waals surface area contributed by atoms with Gasteiger partial charge in [-0.1, -0.05) is 42.5 Å². The van der Waals surface area contributed by atoms with Crippen LogP contribution in [0.5, 0.6) is 0 Å². The maximum atomic E-state index is 13.7. The van der Waals surface area contributed by atoms with Gasteiger partial charge in [0, 0.05) is 11.3 Å². The summed E-state index contributed by atoms with van der Waals surface area (Å²) in [6, 6.07) is 21.8. The fraction of sp³-hybridized carbons (Fsp3) is 0.0909. The van der Waals surface area contributed by atoms with E-state index >= 15 is 0 Å². The number of carbonyl (C=O) groups excluding carboxylic acids is 2. The van der Waals surface area contributed by atoms with Crippen LogP contribution < -0.4 is 10.6 Å². The molecule has 1 atom stereocenters. The van der Waals surface area contributed by atoms with Crippen LogP contribution >= 0.6 is 0 Å². The molecule has 2 amide bonds. The van der Waals surface area contributed by atoms with Gasteiger partial charge in [-0.2, -0.15) is 0 Å². The second-order valence-corrected chi connectivity index (χ2v) is 6.12. The van der Waals surface area contributed by atoms with E-state index < -0.39 is 11.7 Å². The average Bonchev–Trinajstić information content (AvgIpc) is 2.69. The molecule has 4 nitrogen and oxygen atoms in total. The van der Waals surface area contributed by atoms with E-state index in [0.29, 0.717) is 11.3 Å². The molecule has 2 N–H and O–H groups in total. The van der Waals surface area contributed by atoms with Crippen molar-refractivity contribution in [3.8, 4) is 0 Å². The van der Waals surface area contributed by atoms with Crippen LogP contribution in [-0.2, 0) is 0 Å². The van der Waals surface area contributed by atoms with E-state index in [-0.39, 0.29) is 17.5 Å². The molecule has 0 aliphatic rings. The fourth-order valence-electron chi connectivity index (χ4n) is 2.65. The van der Waals surface area contributed by atoms with E-state index in [9.17, 15) is 14.0 Å². The minimum atomic E-state index is -0.583. The third-order valence-corrected chi connectivity index (χ3v) is 4.17. The Morgan fingerprint density at radius 3 is 2.11 bits per heavy atom.